The molecule has 2 heterocycles. The summed E-state index contributed by atoms with van der Waals surface area (Å²) in [5.41, 5.74) is 2.50. The number of fused-ring (bicyclic) bond motifs is 2. The first-order chi connectivity index (χ1) is 17.8. The Morgan fingerprint density at radius 1 is 1.00 bits per heavy atom. The molecule has 7 atom stereocenters. The summed E-state index contributed by atoms with van der Waals surface area (Å²) in [5.74, 6) is -0.169. The predicted octanol–water partition coefficient (Wildman–Crippen LogP) is 4.78. The predicted molar refractivity (Wildman–Crippen MR) is 145 cm³/mol. The molecule has 5 aliphatic rings. The highest BCUT2D eigenvalue weighted by Crippen LogP contribution is 2.62. The van der Waals surface area contributed by atoms with E-state index in [9.17, 15) is 19.8 Å². The van der Waals surface area contributed by atoms with Gasteiger partial charge in [-0.3, -0.25) is 9.59 Å². The Balaban J connectivity index is 1.66. The highest BCUT2D eigenvalue weighted by Gasteiger charge is 2.74. The Hall–Kier alpha value is -2.38. The number of Topliss-reactive ketones (excluding diaryl/α,β-unsaturated/α-hetero) is 2. The SMILES string of the molecule is C=C(C)/C=C1/C(=C2\C[C@H](O)[C@@H]3O[C@]3(CC=C(C)C)C2=O)C=C(C)C[C@@]12C[C@H](O)[C@@H]1O[C@]1(CC=C(C)C)C2=O. The number of allylic oxidation sites excluding steroid dienone is 8. The maximum absolute atomic E-state index is 14.5. The van der Waals surface area contributed by atoms with Gasteiger partial charge in [-0.25, -0.2) is 0 Å². The zero-order chi connectivity index (χ0) is 27.8. The summed E-state index contributed by atoms with van der Waals surface area (Å²) in [6.45, 7) is 15.8. The molecule has 3 aliphatic carbocycles. The van der Waals surface area contributed by atoms with E-state index >= 15 is 0 Å². The first-order valence-electron chi connectivity index (χ1n) is 13.6. The molecule has 0 aromatic carbocycles. The van der Waals surface area contributed by atoms with Crippen LogP contribution in [0.15, 0.2) is 69.9 Å². The zero-order valence-corrected chi connectivity index (χ0v) is 23.4. The minimum absolute atomic E-state index is 0.0422. The lowest BCUT2D eigenvalue weighted by molar-refractivity contribution is -0.135. The van der Waals surface area contributed by atoms with Gasteiger partial charge in [0.05, 0.1) is 17.6 Å². The minimum atomic E-state index is -1.07. The van der Waals surface area contributed by atoms with Crippen molar-refractivity contribution in [3.05, 3.63) is 69.9 Å². The number of rotatable bonds is 5. The fourth-order valence-electron chi connectivity index (χ4n) is 6.91. The van der Waals surface area contributed by atoms with Gasteiger partial charge in [0.15, 0.2) is 22.8 Å². The van der Waals surface area contributed by atoms with Crippen molar-refractivity contribution in [2.75, 3.05) is 0 Å². The van der Waals surface area contributed by atoms with Crippen LogP contribution in [0.4, 0.5) is 0 Å². The average molecular weight is 521 g/mol. The topological polar surface area (TPSA) is 99.7 Å². The first kappa shape index (κ1) is 27.2. The quantitative estimate of drug-likeness (QED) is 0.308. The summed E-state index contributed by atoms with van der Waals surface area (Å²) >= 11 is 0. The van der Waals surface area contributed by atoms with Crippen LogP contribution in [0.25, 0.3) is 0 Å². The second-order valence-electron chi connectivity index (χ2n) is 12.6. The van der Waals surface area contributed by atoms with E-state index in [1.165, 1.54) is 0 Å². The summed E-state index contributed by atoms with van der Waals surface area (Å²) in [4.78, 5) is 28.5. The van der Waals surface area contributed by atoms with E-state index in [0.717, 1.165) is 22.3 Å². The molecule has 38 heavy (non-hydrogen) atoms. The summed E-state index contributed by atoms with van der Waals surface area (Å²) in [6.07, 6.45) is 6.79. The average Bonchev–Trinajstić information content (AvgIpc) is 3.73. The molecule has 2 N–H and O–H groups in total. The third-order valence-electron chi connectivity index (χ3n) is 8.75. The highest BCUT2D eigenvalue weighted by molar-refractivity contribution is 6.08. The molecule has 0 aromatic rings. The van der Waals surface area contributed by atoms with Crippen LogP contribution in [0.5, 0.6) is 0 Å². The smallest absolute Gasteiger partial charge is 0.194 e. The van der Waals surface area contributed by atoms with E-state index in [1.807, 2.05) is 65.8 Å². The van der Waals surface area contributed by atoms with Crippen molar-refractivity contribution in [3.8, 4) is 0 Å². The monoisotopic (exact) mass is 520 g/mol. The Kier molecular flexibility index (Phi) is 6.50. The molecule has 0 radical (unpaired) electrons. The number of carbonyl (C=O) groups excluding carboxylic acids is 2. The zero-order valence-electron chi connectivity index (χ0n) is 23.4. The maximum Gasteiger partial charge on any atom is 0.194 e. The third-order valence-corrected chi connectivity index (χ3v) is 8.75. The number of ketones is 2. The molecule has 0 unspecified atom stereocenters. The summed E-state index contributed by atoms with van der Waals surface area (Å²) in [6, 6.07) is 0. The van der Waals surface area contributed by atoms with Crippen LogP contribution in [0.3, 0.4) is 0 Å². The Morgan fingerprint density at radius 2 is 1.58 bits per heavy atom. The summed E-state index contributed by atoms with van der Waals surface area (Å²) in [7, 11) is 0. The fraction of sp³-hybridized carbons (Fsp3) is 0.562. The third kappa shape index (κ3) is 4.08. The molecule has 2 aliphatic heterocycles. The molecule has 0 amide bonds. The van der Waals surface area contributed by atoms with Crippen molar-refractivity contribution < 1.29 is 29.3 Å². The van der Waals surface area contributed by atoms with E-state index in [-0.39, 0.29) is 24.4 Å². The normalized spacial score (nSPS) is 42.3. The van der Waals surface area contributed by atoms with E-state index < -0.39 is 41.0 Å². The first-order valence-corrected chi connectivity index (χ1v) is 13.6. The molecule has 5 rings (SSSR count). The molecule has 2 saturated heterocycles. The molecule has 4 fully saturated rings. The second kappa shape index (κ2) is 9.09. The second-order valence-corrected chi connectivity index (χ2v) is 12.6. The van der Waals surface area contributed by atoms with Crippen molar-refractivity contribution in [1.29, 1.82) is 0 Å². The molecular weight excluding hydrogens is 480 g/mol. The minimum Gasteiger partial charge on any atom is -0.390 e. The van der Waals surface area contributed by atoms with Crippen molar-refractivity contribution >= 4 is 11.6 Å². The van der Waals surface area contributed by atoms with Crippen LogP contribution < -0.4 is 0 Å². The van der Waals surface area contributed by atoms with Crippen molar-refractivity contribution in [3.63, 3.8) is 0 Å². The largest absolute Gasteiger partial charge is 0.390 e. The number of hydrogen-bond donors (Lipinski definition) is 2. The van der Waals surface area contributed by atoms with Gasteiger partial charge in [0.25, 0.3) is 0 Å². The van der Waals surface area contributed by atoms with E-state index in [1.54, 1.807) is 0 Å². The van der Waals surface area contributed by atoms with Gasteiger partial charge in [0.2, 0.25) is 0 Å². The molecule has 0 bridgehead atoms. The van der Waals surface area contributed by atoms with Gasteiger partial charge in [0, 0.05) is 24.8 Å². The van der Waals surface area contributed by atoms with Crippen LogP contribution in [-0.4, -0.2) is 57.4 Å². The highest BCUT2D eigenvalue weighted by atomic mass is 16.6. The lowest BCUT2D eigenvalue weighted by Crippen LogP contribution is -2.53. The number of hydrogen-bond acceptors (Lipinski definition) is 6. The molecule has 6 heteroatoms. The van der Waals surface area contributed by atoms with Crippen molar-refractivity contribution in [2.45, 2.75) is 109 Å². The van der Waals surface area contributed by atoms with E-state index in [0.29, 0.717) is 36.0 Å². The van der Waals surface area contributed by atoms with Crippen LogP contribution in [0.1, 0.15) is 73.6 Å². The van der Waals surface area contributed by atoms with Crippen LogP contribution >= 0.6 is 0 Å². The molecular formula is C32H40O6. The number of epoxide rings is 2. The Bertz CT molecular complexity index is 1270. The Labute approximate surface area is 225 Å². The molecule has 204 valence electrons. The van der Waals surface area contributed by atoms with Crippen LogP contribution in [-0.2, 0) is 19.1 Å². The molecule has 0 aromatic heterocycles. The lowest BCUT2D eigenvalue weighted by atomic mass is 9.56. The van der Waals surface area contributed by atoms with Crippen molar-refractivity contribution in [2.24, 2.45) is 5.41 Å². The van der Waals surface area contributed by atoms with Crippen LogP contribution in [0.2, 0.25) is 0 Å². The van der Waals surface area contributed by atoms with Gasteiger partial charge < -0.3 is 19.7 Å². The number of ether oxygens (including phenoxy) is 2. The van der Waals surface area contributed by atoms with Crippen molar-refractivity contribution in [1.82, 2.24) is 0 Å². The number of aliphatic hydroxyl groups is 2. The summed E-state index contributed by atoms with van der Waals surface area (Å²) in [5, 5.41) is 22.2. The maximum atomic E-state index is 14.5. The number of aliphatic hydroxyl groups excluding tert-OH is 2. The van der Waals surface area contributed by atoms with Gasteiger partial charge in [-0.05, 0) is 65.5 Å². The van der Waals surface area contributed by atoms with Gasteiger partial charge >= 0.3 is 0 Å². The van der Waals surface area contributed by atoms with Gasteiger partial charge in [0.1, 0.15) is 12.2 Å². The number of carbonyl (C=O) groups is 2. The van der Waals surface area contributed by atoms with Gasteiger partial charge in [-0.15, -0.1) is 0 Å². The van der Waals surface area contributed by atoms with Gasteiger partial charge in [-0.2, -0.15) is 0 Å². The van der Waals surface area contributed by atoms with E-state index in [4.69, 9.17) is 9.47 Å². The van der Waals surface area contributed by atoms with Crippen LogP contribution in [0, 0.1) is 5.41 Å². The molecule has 1 spiro atoms. The fourth-order valence-corrected chi connectivity index (χ4v) is 6.91. The lowest BCUT2D eigenvalue weighted by Gasteiger charge is -2.45. The Morgan fingerprint density at radius 3 is 2.18 bits per heavy atom. The van der Waals surface area contributed by atoms with Gasteiger partial charge in [-0.1, -0.05) is 53.2 Å². The summed E-state index contributed by atoms with van der Waals surface area (Å²) < 4.78 is 11.9. The molecule has 6 nitrogen and oxygen atoms in total. The van der Waals surface area contributed by atoms with E-state index in [2.05, 4.69) is 6.58 Å². The standard InChI is InChI=1S/C32H40O6/c1-17(2)8-10-31-26(35)22(14-24(33)27(31)37-31)21-13-20(7)15-30(23(21)12-19(5)6)16-25(34)28-32(38-28,29(30)36)11-9-18(3)4/h8-9,12-13,24-25,27-28,33-34H,5,10-11,14-16H2,1-4,6-7H3/b22-21+,23-12-/t24-,25-,27-,28-,30+,31+,32-/m0/s1. The molecule has 2 saturated carbocycles.